The number of alkyl halides is 3. The van der Waals surface area contributed by atoms with Crippen LogP contribution in [0.5, 0.6) is 0 Å². The zero-order valence-corrected chi connectivity index (χ0v) is 14.3. The van der Waals surface area contributed by atoms with E-state index < -0.39 is 23.8 Å². The maximum atomic E-state index is 13.0. The molecule has 1 aliphatic rings. The predicted octanol–water partition coefficient (Wildman–Crippen LogP) is 3.99. The standard InChI is InChI=1S/C19H12F3N5O/c20-19(21,22)13-5-14(9-25-8-13)26-11-15(6-23)27(18(26)28)17-10-24-7-12-3-1-2-4-16(12)17/h1-5,7-10,15H,11H2/t15-/m0/s1. The summed E-state index contributed by atoms with van der Waals surface area (Å²) in [5.74, 6) is 0. The van der Waals surface area contributed by atoms with Crippen molar-refractivity contribution in [1.29, 1.82) is 5.26 Å². The lowest BCUT2D eigenvalue weighted by atomic mass is 10.1. The van der Waals surface area contributed by atoms with Crippen LogP contribution in [0.15, 0.2) is 55.1 Å². The molecule has 1 fully saturated rings. The molecule has 2 aromatic heterocycles. The number of carbonyl (C=O) groups is 1. The molecule has 0 spiro atoms. The van der Waals surface area contributed by atoms with Gasteiger partial charge >= 0.3 is 12.2 Å². The van der Waals surface area contributed by atoms with E-state index in [-0.39, 0.29) is 12.2 Å². The Kier molecular flexibility index (Phi) is 4.11. The van der Waals surface area contributed by atoms with Crippen molar-refractivity contribution in [2.75, 3.05) is 16.3 Å². The third-order valence-corrected chi connectivity index (χ3v) is 4.52. The van der Waals surface area contributed by atoms with Crippen molar-refractivity contribution in [3.63, 3.8) is 0 Å². The quantitative estimate of drug-likeness (QED) is 0.671. The first kappa shape index (κ1) is 17.7. The number of carbonyl (C=O) groups excluding carboxylic acids is 1. The SMILES string of the molecule is N#C[C@H]1CN(c2cncc(C(F)(F)F)c2)C(=O)N1c1cncc2ccccc12. The number of amides is 2. The molecule has 0 N–H and O–H groups in total. The lowest BCUT2D eigenvalue weighted by Crippen LogP contribution is -2.34. The fourth-order valence-electron chi connectivity index (χ4n) is 3.20. The van der Waals surface area contributed by atoms with Crippen LogP contribution in [0.25, 0.3) is 10.8 Å². The van der Waals surface area contributed by atoms with Crippen molar-refractivity contribution in [3.8, 4) is 6.07 Å². The number of benzene rings is 1. The summed E-state index contributed by atoms with van der Waals surface area (Å²) in [6.45, 7) is -0.0818. The minimum absolute atomic E-state index is 0.0178. The third-order valence-electron chi connectivity index (χ3n) is 4.52. The molecule has 6 nitrogen and oxygen atoms in total. The topological polar surface area (TPSA) is 73.1 Å². The largest absolute Gasteiger partial charge is 0.417 e. The summed E-state index contributed by atoms with van der Waals surface area (Å²) in [6.07, 6.45) is 0.387. The van der Waals surface area contributed by atoms with Gasteiger partial charge in [0.05, 0.1) is 41.9 Å². The van der Waals surface area contributed by atoms with Gasteiger partial charge in [0.15, 0.2) is 0 Å². The normalized spacial score (nSPS) is 17.2. The second-order valence-electron chi connectivity index (χ2n) is 6.22. The predicted molar refractivity (Wildman–Crippen MR) is 95.6 cm³/mol. The molecular weight excluding hydrogens is 371 g/mol. The van der Waals surface area contributed by atoms with Crippen molar-refractivity contribution >= 4 is 28.2 Å². The lowest BCUT2D eigenvalue weighted by molar-refractivity contribution is -0.137. The van der Waals surface area contributed by atoms with Gasteiger partial charge in [0.25, 0.3) is 0 Å². The molecule has 3 aromatic rings. The van der Waals surface area contributed by atoms with Crippen LogP contribution in [0.4, 0.5) is 29.3 Å². The Morgan fingerprint density at radius 1 is 1.11 bits per heavy atom. The third kappa shape index (κ3) is 2.89. The van der Waals surface area contributed by atoms with Gasteiger partial charge in [-0.2, -0.15) is 18.4 Å². The molecular formula is C19H12F3N5O. The zero-order valence-electron chi connectivity index (χ0n) is 14.3. The highest BCUT2D eigenvalue weighted by Gasteiger charge is 2.41. The molecule has 1 saturated heterocycles. The number of nitriles is 1. The Balaban J connectivity index is 1.78. The summed E-state index contributed by atoms with van der Waals surface area (Å²) in [5, 5.41) is 11.0. The van der Waals surface area contributed by atoms with Gasteiger partial charge in [-0.15, -0.1) is 0 Å². The Morgan fingerprint density at radius 2 is 1.86 bits per heavy atom. The summed E-state index contributed by atoms with van der Waals surface area (Å²) < 4.78 is 39.0. The van der Waals surface area contributed by atoms with Gasteiger partial charge in [0.2, 0.25) is 0 Å². The van der Waals surface area contributed by atoms with Crippen LogP contribution in [0.1, 0.15) is 5.56 Å². The minimum Gasteiger partial charge on any atom is -0.289 e. The Labute approximate surface area is 157 Å². The average molecular weight is 383 g/mol. The van der Waals surface area contributed by atoms with Crippen LogP contribution in [-0.4, -0.2) is 28.6 Å². The van der Waals surface area contributed by atoms with Crippen LogP contribution in [0, 0.1) is 11.3 Å². The zero-order chi connectivity index (χ0) is 19.9. The number of hydrogen-bond acceptors (Lipinski definition) is 4. The van der Waals surface area contributed by atoms with E-state index in [4.69, 9.17) is 0 Å². The number of hydrogen-bond donors (Lipinski definition) is 0. The number of fused-ring (bicyclic) bond motifs is 1. The van der Waals surface area contributed by atoms with Crippen molar-refractivity contribution < 1.29 is 18.0 Å². The average Bonchev–Trinajstić information content (AvgIpc) is 3.03. The van der Waals surface area contributed by atoms with Crippen LogP contribution in [-0.2, 0) is 6.18 Å². The molecule has 140 valence electrons. The molecule has 1 atom stereocenters. The number of nitrogens with zero attached hydrogens (tertiary/aromatic N) is 5. The van der Waals surface area contributed by atoms with Gasteiger partial charge in [-0.3, -0.25) is 19.8 Å². The number of pyridine rings is 2. The molecule has 0 saturated carbocycles. The number of urea groups is 1. The Bertz CT molecular complexity index is 1100. The van der Waals surface area contributed by atoms with E-state index in [0.717, 1.165) is 21.7 Å². The summed E-state index contributed by atoms with van der Waals surface area (Å²) in [5.41, 5.74) is -0.551. The molecule has 2 amide bonds. The van der Waals surface area contributed by atoms with E-state index in [1.54, 1.807) is 18.3 Å². The molecule has 3 heterocycles. The van der Waals surface area contributed by atoms with Crippen LogP contribution in [0.2, 0.25) is 0 Å². The van der Waals surface area contributed by atoms with Crippen molar-refractivity contribution in [2.24, 2.45) is 0 Å². The van der Waals surface area contributed by atoms with Crippen LogP contribution >= 0.6 is 0 Å². The van der Waals surface area contributed by atoms with Gasteiger partial charge in [-0.05, 0) is 6.07 Å². The smallest absolute Gasteiger partial charge is 0.289 e. The molecule has 9 heteroatoms. The fourth-order valence-corrected chi connectivity index (χ4v) is 3.20. The minimum atomic E-state index is -4.58. The highest BCUT2D eigenvalue weighted by Crippen LogP contribution is 2.35. The van der Waals surface area contributed by atoms with Gasteiger partial charge in [-0.25, -0.2) is 4.79 Å². The molecule has 0 unspecified atom stereocenters. The van der Waals surface area contributed by atoms with E-state index in [0.29, 0.717) is 11.9 Å². The van der Waals surface area contributed by atoms with Gasteiger partial charge < -0.3 is 0 Å². The van der Waals surface area contributed by atoms with Crippen molar-refractivity contribution in [2.45, 2.75) is 12.2 Å². The number of anilines is 2. The fraction of sp³-hybridized carbons (Fsp3) is 0.158. The summed E-state index contributed by atoms with van der Waals surface area (Å²) in [4.78, 5) is 23.1. The maximum absolute atomic E-state index is 13.0. The Morgan fingerprint density at radius 3 is 2.61 bits per heavy atom. The Hall–Kier alpha value is -3.67. The van der Waals surface area contributed by atoms with Gasteiger partial charge in [-0.1, -0.05) is 24.3 Å². The molecule has 0 aliphatic carbocycles. The summed E-state index contributed by atoms with van der Waals surface area (Å²) >= 11 is 0. The second-order valence-corrected chi connectivity index (χ2v) is 6.22. The van der Waals surface area contributed by atoms with Crippen molar-refractivity contribution in [3.05, 3.63) is 60.7 Å². The highest BCUT2D eigenvalue weighted by molar-refractivity contribution is 6.11. The monoisotopic (exact) mass is 383 g/mol. The van der Waals surface area contributed by atoms with Crippen molar-refractivity contribution in [1.82, 2.24) is 9.97 Å². The summed E-state index contributed by atoms with van der Waals surface area (Å²) in [6, 6.07) is 8.64. The first-order chi connectivity index (χ1) is 13.4. The second kappa shape index (κ2) is 6.49. The van der Waals surface area contributed by atoms with E-state index in [1.807, 2.05) is 18.2 Å². The summed E-state index contributed by atoms with van der Waals surface area (Å²) in [7, 11) is 0. The molecule has 1 aliphatic heterocycles. The lowest BCUT2D eigenvalue weighted by Gasteiger charge is -2.21. The van der Waals surface area contributed by atoms with E-state index in [9.17, 15) is 23.2 Å². The highest BCUT2D eigenvalue weighted by atomic mass is 19.4. The first-order valence-corrected chi connectivity index (χ1v) is 8.25. The van der Waals surface area contributed by atoms with E-state index in [2.05, 4.69) is 9.97 Å². The maximum Gasteiger partial charge on any atom is 0.417 e. The first-order valence-electron chi connectivity index (χ1n) is 8.25. The van der Waals surface area contributed by atoms with E-state index >= 15 is 0 Å². The molecule has 28 heavy (non-hydrogen) atoms. The number of rotatable bonds is 2. The number of halogens is 3. The van der Waals surface area contributed by atoms with E-state index in [1.165, 1.54) is 17.3 Å². The molecule has 4 rings (SSSR count). The molecule has 0 bridgehead atoms. The number of aromatic nitrogens is 2. The van der Waals surface area contributed by atoms with Crippen LogP contribution in [0.3, 0.4) is 0 Å². The molecule has 1 aromatic carbocycles. The van der Waals surface area contributed by atoms with Gasteiger partial charge in [0.1, 0.15) is 6.04 Å². The molecule has 0 radical (unpaired) electrons. The van der Waals surface area contributed by atoms with Crippen LogP contribution < -0.4 is 9.80 Å². The van der Waals surface area contributed by atoms with Gasteiger partial charge in [0, 0.05) is 23.2 Å².